The minimum Gasteiger partial charge on any atom is -0.369 e. The highest BCUT2D eigenvalue weighted by molar-refractivity contribution is 9.10. The molecule has 1 aliphatic rings. The summed E-state index contributed by atoms with van der Waals surface area (Å²) in [7, 11) is 0. The molecule has 0 saturated carbocycles. The molecule has 2 aromatic rings. The van der Waals surface area contributed by atoms with E-state index in [9.17, 15) is 4.39 Å². The largest absolute Gasteiger partial charge is 0.369 e. The quantitative estimate of drug-likeness (QED) is 0.875. The number of halogens is 2. The van der Waals surface area contributed by atoms with E-state index >= 15 is 0 Å². The molecule has 0 bridgehead atoms. The number of hydrogen-bond acceptors (Lipinski definition) is 2. The van der Waals surface area contributed by atoms with Crippen molar-refractivity contribution in [3.8, 4) is 11.4 Å². The molecule has 88 valence electrons. The Morgan fingerprint density at radius 1 is 1.41 bits per heavy atom. The first-order chi connectivity index (χ1) is 8.25. The number of rotatable bonds is 1. The molecule has 3 nitrogen and oxygen atoms in total. The van der Waals surface area contributed by atoms with Crippen LogP contribution < -0.4 is 5.32 Å². The summed E-state index contributed by atoms with van der Waals surface area (Å²) in [4.78, 5) is 4.45. The Balaban J connectivity index is 2.15. The smallest absolute Gasteiger partial charge is 0.149 e. The van der Waals surface area contributed by atoms with Crippen molar-refractivity contribution in [2.75, 3.05) is 11.9 Å². The first-order valence-electron chi connectivity index (χ1n) is 5.51. The van der Waals surface area contributed by atoms with Crippen LogP contribution in [0.1, 0.15) is 6.42 Å². The zero-order valence-corrected chi connectivity index (χ0v) is 10.7. The fourth-order valence-electron chi connectivity index (χ4n) is 2.10. The molecule has 1 N–H and O–H groups in total. The summed E-state index contributed by atoms with van der Waals surface area (Å²) in [5, 5.41) is 3.30. The number of nitrogens with one attached hydrogen (secondary N) is 1. The number of benzene rings is 1. The lowest BCUT2D eigenvalue weighted by molar-refractivity contribution is 0.624. The molecule has 0 saturated heterocycles. The monoisotopic (exact) mass is 295 g/mol. The van der Waals surface area contributed by atoms with E-state index in [1.165, 1.54) is 12.1 Å². The minimum atomic E-state index is -0.236. The van der Waals surface area contributed by atoms with Gasteiger partial charge in [-0.2, -0.15) is 0 Å². The van der Waals surface area contributed by atoms with E-state index in [2.05, 4.69) is 30.8 Å². The van der Waals surface area contributed by atoms with E-state index in [4.69, 9.17) is 0 Å². The second-order valence-corrected chi connectivity index (χ2v) is 4.77. The van der Waals surface area contributed by atoms with Crippen molar-refractivity contribution < 1.29 is 4.39 Å². The summed E-state index contributed by atoms with van der Waals surface area (Å²) in [5.74, 6) is 1.55. The van der Waals surface area contributed by atoms with Crippen molar-refractivity contribution in [2.45, 2.75) is 13.0 Å². The van der Waals surface area contributed by atoms with Crippen LogP contribution in [0.2, 0.25) is 0 Å². The van der Waals surface area contributed by atoms with Gasteiger partial charge in [0.2, 0.25) is 0 Å². The van der Waals surface area contributed by atoms with Crippen molar-refractivity contribution in [3.63, 3.8) is 0 Å². The van der Waals surface area contributed by atoms with Crippen molar-refractivity contribution in [3.05, 3.63) is 34.7 Å². The Bertz CT molecular complexity index is 565. The first-order valence-corrected chi connectivity index (χ1v) is 6.31. The summed E-state index contributed by atoms with van der Waals surface area (Å²) in [6, 6.07) is 6.53. The Morgan fingerprint density at radius 3 is 3.12 bits per heavy atom. The maximum atomic E-state index is 13.2. The van der Waals surface area contributed by atoms with Gasteiger partial charge in [0.05, 0.1) is 0 Å². The third-order valence-electron chi connectivity index (χ3n) is 2.86. The van der Waals surface area contributed by atoms with Gasteiger partial charge in [-0.05, 0) is 34.5 Å². The highest BCUT2D eigenvalue weighted by Crippen LogP contribution is 2.31. The molecule has 0 atom stereocenters. The molecule has 3 rings (SSSR count). The second kappa shape index (κ2) is 4.14. The molecule has 1 aromatic carbocycles. The molecule has 0 aliphatic carbocycles. The zero-order valence-electron chi connectivity index (χ0n) is 9.08. The maximum Gasteiger partial charge on any atom is 0.149 e. The van der Waals surface area contributed by atoms with Crippen LogP contribution in [0.4, 0.5) is 10.2 Å². The third-order valence-corrected chi connectivity index (χ3v) is 3.41. The van der Waals surface area contributed by atoms with Gasteiger partial charge in [-0.15, -0.1) is 0 Å². The Morgan fingerprint density at radius 2 is 2.29 bits per heavy atom. The van der Waals surface area contributed by atoms with Crippen LogP contribution in [0.15, 0.2) is 28.9 Å². The van der Waals surface area contributed by atoms with Gasteiger partial charge >= 0.3 is 0 Å². The van der Waals surface area contributed by atoms with E-state index < -0.39 is 0 Å². The van der Waals surface area contributed by atoms with Gasteiger partial charge in [0.15, 0.2) is 0 Å². The van der Waals surface area contributed by atoms with Crippen molar-refractivity contribution in [2.24, 2.45) is 0 Å². The van der Waals surface area contributed by atoms with Crippen molar-refractivity contribution in [1.29, 1.82) is 0 Å². The van der Waals surface area contributed by atoms with Gasteiger partial charge in [0.25, 0.3) is 0 Å². The lowest BCUT2D eigenvalue weighted by Gasteiger charge is -2.18. The van der Waals surface area contributed by atoms with Crippen LogP contribution in [0.5, 0.6) is 0 Å². The maximum absolute atomic E-state index is 13.2. The molecule has 0 spiro atoms. The predicted molar refractivity (Wildman–Crippen MR) is 68.4 cm³/mol. The van der Waals surface area contributed by atoms with Crippen molar-refractivity contribution in [1.82, 2.24) is 9.55 Å². The molecular formula is C12H11BrFN3. The standard InChI is InChI=1S/C12H11BrFN3/c13-10-12-15-5-2-6-17(12)11(16-10)8-3-1-4-9(14)7-8/h1,3-4,7,15H,2,5-6H2. The molecule has 1 aliphatic heterocycles. The van der Waals surface area contributed by atoms with Crippen LogP contribution in [0.3, 0.4) is 0 Å². The summed E-state index contributed by atoms with van der Waals surface area (Å²) in [6.07, 6.45) is 1.05. The third kappa shape index (κ3) is 1.84. The van der Waals surface area contributed by atoms with Crippen LogP contribution in [0.25, 0.3) is 11.4 Å². The number of fused-ring (bicyclic) bond motifs is 1. The molecule has 5 heteroatoms. The van der Waals surface area contributed by atoms with Gasteiger partial charge in [-0.1, -0.05) is 12.1 Å². The van der Waals surface area contributed by atoms with E-state index in [0.717, 1.165) is 41.3 Å². The fourth-order valence-corrected chi connectivity index (χ4v) is 2.62. The second-order valence-electron chi connectivity index (χ2n) is 4.02. The number of aromatic nitrogens is 2. The normalized spacial score (nSPS) is 14.2. The summed E-state index contributed by atoms with van der Waals surface area (Å²) >= 11 is 3.43. The van der Waals surface area contributed by atoms with Gasteiger partial charge < -0.3 is 9.88 Å². The molecule has 0 amide bonds. The van der Waals surface area contributed by atoms with Gasteiger partial charge in [-0.25, -0.2) is 9.37 Å². The first kappa shape index (κ1) is 10.8. The van der Waals surface area contributed by atoms with E-state index in [0.29, 0.717) is 0 Å². The highest BCUT2D eigenvalue weighted by Gasteiger charge is 2.19. The molecule has 2 heterocycles. The summed E-state index contributed by atoms with van der Waals surface area (Å²) in [6.45, 7) is 1.86. The highest BCUT2D eigenvalue weighted by atomic mass is 79.9. The Hall–Kier alpha value is -1.36. The summed E-state index contributed by atoms with van der Waals surface area (Å²) in [5.41, 5.74) is 0.806. The zero-order chi connectivity index (χ0) is 11.8. The van der Waals surface area contributed by atoms with Gasteiger partial charge in [0, 0.05) is 18.7 Å². The number of imidazole rings is 1. The van der Waals surface area contributed by atoms with Crippen LogP contribution in [-0.2, 0) is 6.54 Å². The molecule has 0 radical (unpaired) electrons. The van der Waals surface area contributed by atoms with E-state index in [1.807, 2.05) is 6.07 Å². The van der Waals surface area contributed by atoms with Crippen molar-refractivity contribution >= 4 is 21.7 Å². The van der Waals surface area contributed by atoms with E-state index in [-0.39, 0.29) is 5.82 Å². The molecule has 0 fully saturated rings. The van der Waals surface area contributed by atoms with Gasteiger partial charge in [0.1, 0.15) is 22.1 Å². The minimum absolute atomic E-state index is 0.236. The molecule has 0 unspecified atom stereocenters. The van der Waals surface area contributed by atoms with Crippen LogP contribution >= 0.6 is 15.9 Å². The average molecular weight is 296 g/mol. The number of hydrogen-bond donors (Lipinski definition) is 1. The fraction of sp³-hybridized carbons (Fsp3) is 0.250. The Kier molecular flexibility index (Phi) is 2.63. The summed E-state index contributed by atoms with van der Waals surface area (Å²) < 4.78 is 16.1. The lowest BCUT2D eigenvalue weighted by Crippen LogP contribution is -2.17. The number of nitrogens with zero attached hydrogens (tertiary/aromatic N) is 2. The van der Waals surface area contributed by atoms with E-state index in [1.54, 1.807) is 6.07 Å². The lowest BCUT2D eigenvalue weighted by atomic mass is 10.2. The molecule has 1 aromatic heterocycles. The topological polar surface area (TPSA) is 29.9 Å². The molecule has 17 heavy (non-hydrogen) atoms. The SMILES string of the molecule is Fc1cccc(-c2nc(Br)c3n2CCCN3)c1. The van der Waals surface area contributed by atoms with Crippen LogP contribution in [0, 0.1) is 5.82 Å². The predicted octanol–water partition coefficient (Wildman–Crippen LogP) is 3.27. The number of anilines is 1. The Labute approximate surface area is 107 Å². The average Bonchev–Trinajstić information content (AvgIpc) is 2.68. The molecular weight excluding hydrogens is 285 g/mol. The van der Waals surface area contributed by atoms with Crippen LogP contribution in [-0.4, -0.2) is 16.1 Å². The van der Waals surface area contributed by atoms with Gasteiger partial charge in [-0.3, -0.25) is 0 Å².